The van der Waals surface area contributed by atoms with Crippen LogP contribution in [0.5, 0.6) is 11.5 Å². The standard InChI is InChI=1S/C74H109N13O22/c1-10-40(5)61-69(102)81-52(38-88)66(99)77-48(11-2)65(98)83-62(41(6)89)70(103)79-50(27-22-43-20-25-46(108-9)26-21-43)72(105)86-31-12-15-53(86)67(100)80-51(35-47(36-58(93)57(92)33-39(3)4)109-74(107)56(84(8)42(7)90)34-44-18-23-45(91)24-19-44)63(96)71(104)78-49(28-29-59(75)94)64(97)76-37-60(95)85-30-14-17-55(85)73(106)87-32-13-16-54(87)68(101)82-61/h11,18-21,23-26,39-41,47,49-58,61-63,88-89,91-93,96H,10,12-17,22,27-38H2,1-9H3,(H2,75,94)(H,76,97)(H,77,99)(H,78,104)(H,79,103)(H,80,100)(H,81,102)(H,82,101)(H,83,98)/b48-11+/t40-,41+,47+,49+,50+,51+,52-,53-,54-,55-,56-,57-,58+,61+,62-,63+/m0/s1. The van der Waals surface area contributed by atoms with Gasteiger partial charge in [-0.3, -0.25) is 62.3 Å². The van der Waals surface area contributed by atoms with E-state index in [9.17, 15) is 88.2 Å². The number of methoxy groups -OCH3 is 1. The number of allylic oxidation sites excluding steroid dienone is 1. The van der Waals surface area contributed by atoms with Crippen LogP contribution in [-0.2, 0) is 84.7 Å². The average molecular weight is 1530 g/mol. The van der Waals surface area contributed by atoms with Crippen molar-refractivity contribution in [2.75, 3.05) is 46.9 Å². The highest BCUT2D eigenvalue weighted by Crippen LogP contribution is 2.28. The van der Waals surface area contributed by atoms with Crippen molar-refractivity contribution in [1.82, 2.24) is 62.1 Å². The number of primary amides is 1. The lowest BCUT2D eigenvalue weighted by molar-refractivity contribution is -0.162. The molecule has 4 fully saturated rings. The zero-order chi connectivity index (χ0) is 80.7. The van der Waals surface area contributed by atoms with Gasteiger partial charge >= 0.3 is 5.97 Å². The molecule has 0 bridgehead atoms. The number of aliphatic hydroxyl groups is 5. The SMILES string of the molecule is C/C=C1/NC(=O)[C@H](CO)NC(=O)[C@@H]([C@@H](C)CC)NC(=O)[C@@H]2CCCN2C(=O)[C@@H]2CCCN2C(=O)CNC(=O)[C@@H](CCC(N)=O)NC(=O)[C@H](O)[C@@H](C[C@H](C[C@@H](O)[C@@H](O)CC(C)C)OC(=O)[C@H](Cc2ccc(O)cc2)N(C)C(C)=O)NC(=O)[C@@H]2CCCN2C(=O)[C@@H](CCc2ccc(OC)cc2)NC(=O)[C@H]([C@@H](C)O)NC1=O. The largest absolute Gasteiger partial charge is 0.508 e. The van der Waals surface area contributed by atoms with Crippen LogP contribution >= 0.6 is 0 Å². The second-order valence-electron chi connectivity index (χ2n) is 28.7. The molecule has 0 aliphatic carbocycles. The lowest BCUT2D eigenvalue weighted by Gasteiger charge is -2.34. The minimum atomic E-state index is -2.52. The summed E-state index contributed by atoms with van der Waals surface area (Å²) in [5, 5.41) is 87.1. The average Bonchev–Trinajstić information content (AvgIpc) is 1.71. The molecule has 4 heterocycles. The lowest BCUT2D eigenvalue weighted by Crippen LogP contribution is -2.61. The first kappa shape index (κ1) is 88.1. The summed E-state index contributed by atoms with van der Waals surface area (Å²) in [7, 11) is 2.76. The Hall–Kier alpha value is -9.84. The summed E-state index contributed by atoms with van der Waals surface area (Å²) < 4.78 is 11.4. The third-order valence-corrected chi connectivity index (χ3v) is 20.2. The maximum Gasteiger partial charge on any atom is 0.329 e. The first-order valence-corrected chi connectivity index (χ1v) is 37.1. The highest BCUT2D eigenvalue weighted by atomic mass is 16.5. The van der Waals surface area contributed by atoms with E-state index in [1.54, 1.807) is 52.0 Å². The predicted molar refractivity (Wildman–Crippen MR) is 389 cm³/mol. The molecule has 109 heavy (non-hydrogen) atoms. The Bertz CT molecular complexity index is 3580. The first-order valence-electron chi connectivity index (χ1n) is 37.1. The molecule has 35 heteroatoms. The van der Waals surface area contributed by atoms with Gasteiger partial charge in [-0.2, -0.15) is 0 Å². The Balaban J connectivity index is 1.46. The lowest BCUT2D eigenvalue weighted by atomic mass is 9.93. The fraction of sp³-hybridized carbons (Fsp3) is 0.622. The number of aliphatic hydroxyl groups excluding tert-OH is 5. The number of carbonyl (C=O) groups is 14. The van der Waals surface area contributed by atoms with Gasteiger partial charge in [0.05, 0.1) is 44.6 Å². The van der Waals surface area contributed by atoms with Gasteiger partial charge in [-0.25, -0.2) is 4.79 Å². The number of hydrogen-bond acceptors (Lipinski definition) is 22. The highest BCUT2D eigenvalue weighted by molar-refractivity contribution is 6.03. The number of esters is 1. The van der Waals surface area contributed by atoms with Crippen molar-refractivity contribution in [3.05, 3.63) is 71.4 Å². The summed E-state index contributed by atoms with van der Waals surface area (Å²) in [6, 6.07) is -3.38. The van der Waals surface area contributed by atoms with Gasteiger partial charge in [0.25, 0.3) is 11.8 Å². The second-order valence-corrected chi connectivity index (χ2v) is 28.7. The van der Waals surface area contributed by atoms with Crippen molar-refractivity contribution in [1.29, 1.82) is 0 Å². The highest BCUT2D eigenvalue weighted by Gasteiger charge is 2.46. The molecule has 6 rings (SSSR count). The summed E-state index contributed by atoms with van der Waals surface area (Å²) in [6.45, 7) is 8.56. The van der Waals surface area contributed by atoms with E-state index in [1.807, 2.05) is 0 Å². The molecule has 0 unspecified atom stereocenters. The summed E-state index contributed by atoms with van der Waals surface area (Å²) in [6.07, 6.45) is -9.84. The molecule has 2 aromatic rings. The number of benzene rings is 2. The van der Waals surface area contributed by atoms with E-state index in [0.717, 1.165) is 22.8 Å². The van der Waals surface area contributed by atoms with Crippen LogP contribution in [0, 0.1) is 11.8 Å². The van der Waals surface area contributed by atoms with Crippen molar-refractivity contribution < 1.29 is 107 Å². The molecule has 0 radical (unpaired) electrons. The number of phenols is 1. The Labute approximate surface area is 632 Å². The Kier molecular flexibility index (Phi) is 33.6. The second kappa shape index (κ2) is 41.6. The van der Waals surface area contributed by atoms with E-state index in [4.69, 9.17) is 15.2 Å². The van der Waals surface area contributed by atoms with E-state index < -0.39 is 224 Å². The van der Waals surface area contributed by atoms with Crippen molar-refractivity contribution >= 4 is 82.8 Å². The smallest absolute Gasteiger partial charge is 0.329 e. The minimum absolute atomic E-state index is 0.00637. The summed E-state index contributed by atoms with van der Waals surface area (Å²) in [4.78, 5) is 205. The molecule has 4 aliphatic rings. The summed E-state index contributed by atoms with van der Waals surface area (Å²) in [5.41, 5.74) is 6.07. The molecule has 2 aromatic carbocycles. The number of carbonyl (C=O) groups excluding carboxylic acids is 14. The number of nitrogens with one attached hydrogen (secondary N) is 8. The number of aryl methyl sites for hydroxylation is 1. The zero-order valence-electron chi connectivity index (χ0n) is 63.2. The van der Waals surface area contributed by atoms with Crippen LogP contribution in [0.1, 0.15) is 143 Å². The molecule has 16 atom stereocenters. The number of aromatic hydroxyl groups is 1. The maximum absolute atomic E-state index is 15.3. The van der Waals surface area contributed by atoms with Crippen LogP contribution in [0.3, 0.4) is 0 Å². The van der Waals surface area contributed by atoms with E-state index in [0.29, 0.717) is 36.1 Å². The number of ether oxygens (including phenoxy) is 2. The number of amides is 13. The third-order valence-electron chi connectivity index (χ3n) is 20.2. The number of fused-ring (bicyclic) bond motifs is 3. The van der Waals surface area contributed by atoms with Crippen LogP contribution in [0.2, 0.25) is 0 Å². The summed E-state index contributed by atoms with van der Waals surface area (Å²) >= 11 is 0. The monoisotopic (exact) mass is 1530 g/mol. The van der Waals surface area contributed by atoms with Gasteiger partial charge in [0.2, 0.25) is 65.0 Å². The Morgan fingerprint density at radius 3 is 1.79 bits per heavy atom. The summed E-state index contributed by atoms with van der Waals surface area (Å²) in [5.74, 6) is -14.2. The number of nitrogens with two attached hydrogens (primary N) is 1. The Morgan fingerprint density at radius 1 is 0.661 bits per heavy atom. The van der Waals surface area contributed by atoms with Gasteiger partial charge < -0.3 is 108 Å². The molecule has 0 saturated carbocycles. The van der Waals surface area contributed by atoms with E-state index in [-0.39, 0.29) is 82.7 Å². The number of likely N-dealkylation sites (N-methyl/N-ethyl adjacent to an activating group) is 1. The van der Waals surface area contributed by atoms with Crippen molar-refractivity contribution in [2.45, 2.75) is 236 Å². The molecule has 13 amide bonds. The van der Waals surface area contributed by atoms with Crippen LogP contribution < -0.4 is 53.0 Å². The van der Waals surface area contributed by atoms with Crippen LogP contribution in [0.25, 0.3) is 0 Å². The molecule has 35 nitrogen and oxygen atoms in total. The molecular weight excluding hydrogens is 1420 g/mol. The fourth-order valence-electron chi connectivity index (χ4n) is 13.6. The fourth-order valence-corrected chi connectivity index (χ4v) is 13.6. The number of nitrogens with zero attached hydrogens (tertiary/aromatic N) is 4. The molecule has 4 aliphatic heterocycles. The maximum atomic E-state index is 15.3. The third kappa shape index (κ3) is 24.8. The first-order chi connectivity index (χ1) is 51.6. The normalized spacial score (nSPS) is 25.8. The number of phenolic OH excluding ortho intramolecular Hbond substituents is 1. The minimum Gasteiger partial charge on any atom is -0.508 e. The molecule has 16 N–H and O–H groups in total. The quantitative estimate of drug-likeness (QED) is 0.0388. The van der Waals surface area contributed by atoms with Crippen molar-refractivity contribution in [3.8, 4) is 11.5 Å². The number of rotatable bonds is 23. The number of hydrogen-bond donors (Lipinski definition) is 15. The van der Waals surface area contributed by atoms with Gasteiger partial charge in [-0.15, -0.1) is 0 Å². The van der Waals surface area contributed by atoms with E-state index in [1.165, 1.54) is 62.1 Å². The van der Waals surface area contributed by atoms with Crippen LogP contribution in [-0.4, -0.2) is 271 Å². The van der Waals surface area contributed by atoms with Gasteiger partial charge in [-0.05, 0) is 125 Å². The predicted octanol–water partition coefficient (Wildman–Crippen LogP) is -3.04. The van der Waals surface area contributed by atoms with E-state index in [2.05, 4.69) is 42.5 Å². The van der Waals surface area contributed by atoms with Crippen molar-refractivity contribution in [3.63, 3.8) is 0 Å². The molecular formula is C74H109N13O22. The molecule has 4 saturated heterocycles. The molecule has 602 valence electrons. The molecule has 0 aromatic heterocycles. The van der Waals surface area contributed by atoms with Crippen LogP contribution in [0.4, 0.5) is 0 Å². The van der Waals surface area contributed by atoms with Crippen LogP contribution in [0.15, 0.2) is 60.3 Å². The van der Waals surface area contributed by atoms with Gasteiger partial charge in [0, 0.05) is 59.3 Å². The van der Waals surface area contributed by atoms with Crippen molar-refractivity contribution in [2.24, 2.45) is 17.6 Å². The van der Waals surface area contributed by atoms with Gasteiger partial charge in [-0.1, -0.05) is 64.5 Å². The topological polar surface area (TPSA) is 514 Å². The van der Waals surface area contributed by atoms with Gasteiger partial charge in [0.1, 0.15) is 77.7 Å². The molecule has 0 spiro atoms. The van der Waals surface area contributed by atoms with Gasteiger partial charge in [0.15, 0.2) is 6.10 Å². The zero-order valence-corrected chi connectivity index (χ0v) is 63.2. The van der Waals surface area contributed by atoms with E-state index >= 15 is 9.59 Å². The Morgan fingerprint density at radius 2 is 1.22 bits per heavy atom.